The summed E-state index contributed by atoms with van der Waals surface area (Å²) in [5, 5.41) is 5.81. The quantitative estimate of drug-likeness (QED) is 0.822. The van der Waals surface area contributed by atoms with Crippen molar-refractivity contribution in [2.24, 2.45) is 0 Å². The largest absolute Gasteiger partial charge is 0.334 e. The lowest BCUT2D eigenvalue weighted by Crippen LogP contribution is -2.44. The highest BCUT2D eigenvalue weighted by Gasteiger charge is 2.31. The van der Waals surface area contributed by atoms with Gasteiger partial charge in [-0.25, -0.2) is 5.06 Å². The molecule has 23 heavy (non-hydrogen) atoms. The summed E-state index contributed by atoms with van der Waals surface area (Å²) < 4.78 is 1.88. The molecular formula is C15H22N4O3S. The molecule has 0 bridgehead atoms. The molecule has 1 saturated heterocycles. The van der Waals surface area contributed by atoms with Crippen molar-refractivity contribution < 1.29 is 14.4 Å². The van der Waals surface area contributed by atoms with Crippen molar-refractivity contribution in [1.82, 2.24) is 19.7 Å². The van der Waals surface area contributed by atoms with Crippen LogP contribution in [0.25, 0.3) is 0 Å². The molecule has 0 aliphatic carbocycles. The first-order valence-corrected chi connectivity index (χ1v) is 9.31. The van der Waals surface area contributed by atoms with Gasteiger partial charge in [0.05, 0.1) is 37.1 Å². The first-order chi connectivity index (χ1) is 11.2. The van der Waals surface area contributed by atoms with Gasteiger partial charge in [0.1, 0.15) is 0 Å². The van der Waals surface area contributed by atoms with Gasteiger partial charge in [-0.3, -0.25) is 19.1 Å². The number of carbonyl (C=O) groups excluding carboxylic acids is 2. The lowest BCUT2D eigenvalue weighted by atomic mass is 10.1. The molecule has 3 rings (SSSR count). The first-order valence-electron chi connectivity index (χ1n) is 7.91. The number of carbonyl (C=O) groups is 2. The van der Waals surface area contributed by atoms with Crippen LogP contribution in [-0.4, -0.2) is 63.3 Å². The van der Waals surface area contributed by atoms with Crippen LogP contribution in [0, 0.1) is 0 Å². The molecule has 2 aliphatic rings. The lowest BCUT2D eigenvalue weighted by Gasteiger charge is -2.35. The summed E-state index contributed by atoms with van der Waals surface area (Å²) in [5.74, 6) is 0.538. The van der Waals surface area contributed by atoms with Gasteiger partial charge in [-0.2, -0.15) is 16.9 Å². The Hall–Kier alpha value is -1.54. The van der Waals surface area contributed by atoms with Crippen LogP contribution < -0.4 is 0 Å². The fraction of sp³-hybridized carbons (Fsp3) is 0.667. The van der Waals surface area contributed by atoms with Gasteiger partial charge in [0, 0.05) is 19.3 Å². The molecule has 8 heteroatoms. The van der Waals surface area contributed by atoms with Gasteiger partial charge in [-0.15, -0.1) is 0 Å². The molecule has 1 aromatic rings. The number of hydroxylamine groups is 2. The lowest BCUT2D eigenvalue weighted by molar-refractivity contribution is -0.198. The summed E-state index contributed by atoms with van der Waals surface area (Å²) in [6, 6.07) is 1.78. The summed E-state index contributed by atoms with van der Waals surface area (Å²) in [6.07, 6.45) is 5.92. The minimum atomic E-state index is -0.127. The van der Waals surface area contributed by atoms with Crippen LogP contribution in [0.15, 0.2) is 12.3 Å². The van der Waals surface area contributed by atoms with E-state index in [0.717, 1.165) is 18.5 Å². The van der Waals surface area contributed by atoms with E-state index in [1.165, 1.54) is 16.8 Å². The number of fused-ring (bicyclic) bond motifs is 1. The van der Waals surface area contributed by atoms with Crippen LogP contribution >= 0.6 is 11.8 Å². The standard InChI is InChI=1S/C15H22N4O3S/c1-23-11-15(21)17-9-12-4-5-16-19(12)13(10-17)8-14(20)18-6-2-3-7-22-18/h4-5,13H,2-3,6-11H2,1H3/t13-/m0/s1. The fourth-order valence-electron chi connectivity index (χ4n) is 3.04. The van der Waals surface area contributed by atoms with E-state index in [2.05, 4.69) is 5.10 Å². The van der Waals surface area contributed by atoms with Gasteiger partial charge in [0.2, 0.25) is 11.8 Å². The first kappa shape index (κ1) is 16.3. The van der Waals surface area contributed by atoms with Crippen LogP contribution in [-0.2, 0) is 21.0 Å². The average Bonchev–Trinajstić information content (AvgIpc) is 3.04. The van der Waals surface area contributed by atoms with E-state index in [1.54, 1.807) is 6.20 Å². The van der Waals surface area contributed by atoms with Gasteiger partial charge >= 0.3 is 0 Å². The minimum Gasteiger partial charge on any atom is -0.334 e. The molecule has 3 heterocycles. The Balaban J connectivity index is 1.70. The van der Waals surface area contributed by atoms with Crippen molar-refractivity contribution in [2.45, 2.75) is 31.8 Å². The highest BCUT2D eigenvalue weighted by molar-refractivity contribution is 7.99. The third-order valence-corrected chi connectivity index (χ3v) is 4.73. The number of rotatable bonds is 4. The molecule has 0 saturated carbocycles. The average molecular weight is 338 g/mol. The van der Waals surface area contributed by atoms with Crippen LogP contribution in [0.2, 0.25) is 0 Å². The van der Waals surface area contributed by atoms with Crippen molar-refractivity contribution in [1.29, 1.82) is 0 Å². The molecule has 1 aromatic heterocycles. The SMILES string of the molecule is CSCC(=O)N1Cc2ccnn2[C@@H](CC(=O)N2CCCCO2)C1. The predicted molar refractivity (Wildman–Crippen MR) is 86.6 cm³/mol. The number of amides is 2. The summed E-state index contributed by atoms with van der Waals surface area (Å²) >= 11 is 1.52. The van der Waals surface area contributed by atoms with Gasteiger partial charge < -0.3 is 4.90 Å². The van der Waals surface area contributed by atoms with Crippen molar-refractivity contribution in [2.75, 3.05) is 31.7 Å². The van der Waals surface area contributed by atoms with Crippen molar-refractivity contribution in [3.8, 4) is 0 Å². The van der Waals surface area contributed by atoms with Crippen LogP contribution in [0.1, 0.15) is 31.0 Å². The second-order valence-corrected chi connectivity index (χ2v) is 6.73. The Morgan fingerprint density at radius 3 is 3.00 bits per heavy atom. The third-order valence-electron chi connectivity index (χ3n) is 4.19. The molecule has 126 valence electrons. The fourth-order valence-corrected chi connectivity index (χ4v) is 3.47. The van der Waals surface area contributed by atoms with Crippen molar-refractivity contribution in [3.63, 3.8) is 0 Å². The highest BCUT2D eigenvalue weighted by Crippen LogP contribution is 2.24. The van der Waals surface area contributed by atoms with E-state index < -0.39 is 0 Å². The van der Waals surface area contributed by atoms with E-state index in [4.69, 9.17) is 4.84 Å². The monoisotopic (exact) mass is 338 g/mol. The van der Waals surface area contributed by atoms with E-state index in [1.807, 2.05) is 21.9 Å². The maximum Gasteiger partial charge on any atom is 0.248 e. The summed E-state index contributed by atoms with van der Waals surface area (Å²) in [7, 11) is 0. The second-order valence-electron chi connectivity index (χ2n) is 5.87. The normalized spacial score (nSPS) is 21.2. The predicted octanol–water partition coefficient (Wildman–Crippen LogP) is 1.07. The number of aromatic nitrogens is 2. The number of hydrogen-bond acceptors (Lipinski definition) is 5. The van der Waals surface area contributed by atoms with E-state index in [-0.39, 0.29) is 17.9 Å². The van der Waals surface area contributed by atoms with Gasteiger partial charge in [-0.05, 0) is 25.2 Å². The molecule has 0 radical (unpaired) electrons. The maximum absolute atomic E-state index is 12.5. The van der Waals surface area contributed by atoms with E-state index in [9.17, 15) is 9.59 Å². The zero-order valence-corrected chi connectivity index (χ0v) is 14.1. The van der Waals surface area contributed by atoms with Crippen LogP contribution in [0.4, 0.5) is 0 Å². The summed E-state index contributed by atoms with van der Waals surface area (Å²) in [6.45, 7) is 2.33. The zero-order valence-electron chi connectivity index (χ0n) is 13.3. The topological polar surface area (TPSA) is 67.7 Å². The Kier molecular flexibility index (Phi) is 5.22. The highest BCUT2D eigenvalue weighted by atomic mass is 32.2. The Labute approximate surface area is 139 Å². The molecule has 2 amide bonds. The summed E-state index contributed by atoms with van der Waals surface area (Å²) in [5.41, 5.74) is 0.975. The Bertz CT molecular complexity index is 571. The Morgan fingerprint density at radius 2 is 2.26 bits per heavy atom. The Morgan fingerprint density at radius 1 is 1.39 bits per heavy atom. The number of hydrogen-bond donors (Lipinski definition) is 0. The molecule has 2 aliphatic heterocycles. The molecule has 0 unspecified atom stereocenters. The second kappa shape index (κ2) is 7.35. The zero-order chi connectivity index (χ0) is 16.2. The molecule has 1 atom stereocenters. The molecule has 0 N–H and O–H groups in total. The molecule has 0 spiro atoms. The molecular weight excluding hydrogens is 316 g/mol. The van der Waals surface area contributed by atoms with Gasteiger partial charge in [0.15, 0.2) is 0 Å². The van der Waals surface area contributed by atoms with Gasteiger partial charge in [-0.1, -0.05) is 0 Å². The molecule has 1 fully saturated rings. The molecule has 7 nitrogen and oxygen atoms in total. The van der Waals surface area contributed by atoms with Crippen molar-refractivity contribution >= 4 is 23.6 Å². The van der Waals surface area contributed by atoms with Crippen LogP contribution in [0.3, 0.4) is 0 Å². The van der Waals surface area contributed by atoms with Crippen LogP contribution in [0.5, 0.6) is 0 Å². The van der Waals surface area contributed by atoms with E-state index in [0.29, 0.717) is 38.4 Å². The third kappa shape index (κ3) is 3.69. The number of thioether (sulfide) groups is 1. The summed E-state index contributed by atoms with van der Waals surface area (Å²) in [4.78, 5) is 31.9. The van der Waals surface area contributed by atoms with E-state index >= 15 is 0 Å². The van der Waals surface area contributed by atoms with Crippen molar-refractivity contribution in [3.05, 3.63) is 18.0 Å². The smallest absolute Gasteiger partial charge is 0.248 e. The van der Waals surface area contributed by atoms with Gasteiger partial charge in [0.25, 0.3) is 0 Å². The maximum atomic E-state index is 12.5. The molecule has 0 aromatic carbocycles. The number of nitrogens with zero attached hydrogens (tertiary/aromatic N) is 4. The minimum absolute atomic E-state index is 0.0321.